The molecule has 0 radical (unpaired) electrons. The number of alkyl halides is 2. The van der Waals surface area contributed by atoms with Crippen LogP contribution >= 0.6 is 0 Å². The minimum Gasteiger partial charge on any atom is -0.372 e. The Kier molecular flexibility index (Phi) is 6.19. The van der Waals surface area contributed by atoms with Gasteiger partial charge in [-0.05, 0) is 33.8 Å². The summed E-state index contributed by atoms with van der Waals surface area (Å²) in [6.45, 7) is 8.97. The zero-order chi connectivity index (χ0) is 23.0. The standard InChI is InChI=1S/C23H26F3N5O/c1-12-10-31(11-13(2)32-12)16-8-19-22(27-9-16)29-15(4)30-23(19)28-14(3)17-6-5-7-18(20(17)24)21(25)26/h5-9,12-14,21H,10-11H2,1-4H3,(H,27,28,29,30)/t12-,13+,14-/m1/s1. The molecule has 2 aromatic heterocycles. The summed E-state index contributed by atoms with van der Waals surface area (Å²) in [5.41, 5.74) is 0.951. The summed E-state index contributed by atoms with van der Waals surface area (Å²) in [7, 11) is 0. The minimum atomic E-state index is -2.88. The molecular formula is C23H26F3N5O. The molecule has 170 valence electrons. The SMILES string of the molecule is Cc1nc(N[C@H](C)c2cccc(C(F)F)c2F)c2cc(N3C[C@@H](C)O[C@@H](C)C3)cnc2n1. The van der Waals surface area contributed by atoms with Gasteiger partial charge in [-0.3, -0.25) is 0 Å². The molecule has 1 fully saturated rings. The number of anilines is 2. The van der Waals surface area contributed by atoms with Crippen LogP contribution in [0.1, 0.15) is 50.2 Å². The Bertz CT molecular complexity index is 1120. The molecule has 0 spiro atoms. The average molecular weight is 445 g/mol. The fourth-order valence-corrected chi connectivity index (χ4v) is 4.14. The highest BCUT2D eigenvalue weighted by molar-refractivity contribution is 5.89. The highest BCUT2D eigenvalue weighted by atomic mass is 19.3. The van der Waals surface area contributed by atoms with Gasteiger partial charge in [0, 0.05) is 18.7 Å². The second-order valence-corrected chi connectivity index (χ2v) is 8.26. The number of benzene rings is 1. The third-order valence-electron chi connectivity index (χ3n) is 5.55. The van der Waals surface area contributed by atoms with E-state index in [1.807, 2.05) is 19.9 Å². The third kappa shape index (κ3) is 4.48. The van der Waals surface area contributed by atoms with Crippen molar-refractivity contribution in [3.8, 4) is 0 Å². The first-order valence-corrected chi connectivity index (χ1v) is 10.6. The lowest BCUT2D eigenvalue weighted by Gasteiger charge is -2.36. The zero-order valence-corrected chi connectivity index (χ0v) is 18.4. The van der Waals surface area contributed by atoms with Crippen LogP contribution in [-0.4, -0.2) is 40.2 Å². The summed E-state index contributed by atoms with van der Waals surface area (Å²) >= 11 is 0. The molecule has 1 aliphatic heterocycles. The second-order valence-electron chi connectivity index (χ2n) is 8.26. The molecular weight excluding hydrogens is 419 g/mol. The van der Waals surface area contributed by atoms with E-state index in [0.29, 0.717) is 22.7 Å². The van der Waals surface area contributed by atoms with Crippen molar-refractivity contribution in [2.45, 2.75) is 52.4 Å². The Labute approximate surface area is 184 Å². The fraction of sp³-hybridized carbons (Fsp3) is 0.435. The van der Waals surface area contributed by atoms with E-state index in [-0.39, 0.29) is 17.8 Å². The molecule has 1 saturated heterocycles. The van der Waals surface area contributed by atoms with Crippen LogP contribution < -0.4 is 10.2 Å². The van der Waals surface area contributed by atoms with Crippen LogP contribution in [-0.2, 0) is 4.74 Å². The summed E-state index contributed by atoms with van der Waals surface area (Å²) in [6.07, 6.45) is -0.925. The van der Waals surface area contributed by atoms with Crippen LogP contribution in [0.3, 0.4) is 0 Å². The molecule has 0 aliphatic carbocycles. The molecule has 3 heterocycles. The van der Waals surface area contributed by atoms with Gasteiger partial charge in [0.25, 0.3) is 6.43 Å². The monoisotopic (exact) mass is 445 g/mol. The molecule has 0 bridgehead atoms. The van der Waals surface area contributed by atoms with E-state index >= 15 is 0 Å². The van der Waals surface area contributed by atoms with Gasteiger partial charge in [0.15, 0.2) is 5.65 Å². The molecule has 3 atom stereocenters. The number of halogens is 3. The lowest BCUT2D eigenvalue weighted by atomic mass is 10.0. The largest absolute Gasteiger partial charge is 0.372 e. The van der Waals surface area contributed by atoms with Crippen molar-refractivity contribution in [3.63, 3.8) is 0 Å². The van der Waals surface area contributed by atoms with Crippen molar-refractivity contribution in [1.29, 1.82) is 0 Å². The van der Waals surface area contributed by atoms with Crippen LogP contribution in [0.25, 0.3) is 11.0 Å². The number of hydrogen-bond acceptors (Lipinski definition) is 6. The number of fused-ring (bicyclic) bond motifs is 1. The van der Waals surface area contributed by atoms with Gasteiger partial charge in [-0.1, -0.05) is 18.2 Å². The number of ether oxygens (including phenoxy) is 1. The first kappa shape index (κ1) is 22.3. The van der Waals surface area contributed by atoms with Crippen molar-refractivity contribution in [2.24, 2.45) is 0 Å². The zero-order valence-electron chi connectivity index (χ0n) is 18.4. The number of hydrogen-bond donors (Lipinski definition) is 1. The van der Waals surface area contributed by atoms with Crippen molar-refractivity contribution in [1.82, 2.24) is 15.0 Å². The van der Waals surface area contributed by atoms with Crippen LogP contribution in [0, 0.1) is 12.7 Å². The predicted molar refractivity (Wildman–Crippen MR) is 118 cm³/mol. The van der Waals surface area contributed by atoms with Crippen molar-refractivity contribution in [2.75, 3.05) is 23.3 Å². The normalized spacial score (nSPS) is 20.1. The Morgan fingerprint density at radius 3 is 2.50 bits per heavy atom. The lowest BCUT2D eigenvalue weighted by molar-refractivity contribution is -0.00522. The Balaban J connectivity index is 1.70. The molecule has 9 heteroatoms. The maximum atomic E-state index is 14.7. The third-order valence-corrected chi connectivity index (χ3v) is 5.55. The predicted octanol–water partition coefficient (Wildman–Crippen LogP) is 5.20. The molecule has 0 unspecified atom stereocenters. The molecule has 3 aromatic rings. The molecule has 4 rings (SSSR count). The van der Waals surface area contributed by atoms with E-state index in [1.165, 1.54) is 12.1 Å². The molecule has 6 nitrogen and oxygen atoms in total. The smallest absolute Gasteiger partial charge is 0.266 e. The number of nitrogens with zero attached hydrogens (tertiary/aromatic N) is 4. The van der Waals surface area contributed by atoms with Gasteiger partial charge in [-0.15, -0.1) is 0 Å². The van der Waals surface area contributed by atoms with E-state index < -0.39 is 23.8 Å². The molecule has 0 saturated carbocycles. The summed E-state index contributed by atoms with van der Waals surface area (Å²) in [4.78, 5) is 15.6. The summed E-state index contributed by atoms with van der Waals surface area (Å²) in [6, 6.07) is 5.38. The number of rotatable bonds is 5. The highest BCUT2D eigenvalue weighted by Gasteiger charge is 2.24. The van der Waals surface area contributed by atoms with E-state index in [4.69, 9.17) is 4.74 Å². The highest BCUT2D eigenvalue weighted by Crippen LogP contribution is 2.31. The van der Waals surface area contributed by atoms with Crippen molar-refractivity contribution < 1.29 is 17.9 Å². The molecule has 1 N–H and O–H groups in total. The summed E-state index contributed by atoms with van der Waals surface area (Å²) < 4.78 is 46.7. The van der Waals surface area contributed by atoms with E-state index in [1.54, 1.807) is 20.0 Å². The molecule has 32 heavy (non-hydrogen) atoms. The number of aryl methyl sites for hydroxylation is 1. The van der Waals surface area contributed by atoms with Gasteiger partial charge in [-0.2, -0.15) is 0 Å². The Hall–Kier alpha value is -2.94. The molecule has 0 amide bonds. The lowest BCUT2D eigenvalue weighted by Crippen LogP contribution is -2.45. The minimum absolute atomic E-state index is 0.0893. The number of morpholine rings is 1. The topological polar surface area (TPSA) is 63.2 Å². The second kappa shape index (κ2) is 8.90. The van der Waals surface area contributed by atoms with Crippen LogP contribution in [0.2, 0.25) is 0 Å². The maximum Gasteiger partial charge on any atom is 0.266 e. The van der Waals surface area contributed by atoms with Crippen molar-refractivity contribution in [3.05, 3.63) is 53.2 Å². The number of pyridine rings is 1. The summed E-state index contributed by atoms with van der Waals surface area (Å²) in [5, 5.41) is 3.86. The first-order chi connectivity index (χ1) is 15.2. The first-order valence-electron chi connectivity index (χ1n) is 10.6. The average Bonchev–Trinajstić information content (AvgIpc) is 2.72. The molecule has 1 aromatic carbocycles. The Morgan fingerprint density at radius 2 is 1.81 bits per heavy atom. The van der Waals surface area contributed by atoms with Gasteiger partial charge >= 0.3 is 0 Å². The molecule has 1 aliphatic rings. The van der Waals surface area contributed by atoms with E-state index in [9.17, 15) is 13.2 Å². The van der Waals surface area contributed by atoms with Gasteiger partial charge in [0.2, 0.25) is 0 Å². The fourth-order valence-electron chi connectivity index (χ4n) is 4.14. The van der Waals surface area contributed by atoms with Gasteiger partial charge in [0.1, 0.15) is 17.5 Å². The van der Waals surface area contributed by atoms with Gasteiger partial charge in [-0.25, -0.2) is 28.1 Å². The van der Waals surface area contributed by atoms with Gasteiger partial charge < -0.3 is 15.0 Å². The van der Waals surface area contributed by atoms with Crippen LogP contribution in [0.15, 0.2) is 30.5 Å². The van der Waals surface area contributed by atoms with Crippen LogP contribution in [0.4, 0.5) is 24.7 Å². The number of nitrogens with one attached hydrogen (secondary N) is 1. The maximum absolute atomic E-state index is 14.7. The summed E-state index contributed by atoms with van der Waals surface area (Å²) in [5.74, 6) is 0.0705. The van der Waals surface area contributed by atoms with Crippen molar-refractivity contribution >= 4 is 22.5 Å². The van der Waals surface area contributed by atoms with Gasteiger partial charge in [0.05, 0.1) is 41.1 Å². The Morgan fingerprint density at radius 1 is 1.12 bits per heavy atom. The van der Waals surface area contributed by atoms with E-state index in [2.05, 4.69) is 25.2 Å². The quantitative estimate of drug-likeness (QED) is 0.583. The number of aromatic nitrogens is 3. The van der Waals surface area contributed by atoms with Crippen LogP contribution in [0.5, 0.6) is 0 Å². The van der Waals surface area contributed by atoms with E-state index in [0.717, 1.165) is 24.8 Å².